The van der Waals surface area contributed by atoms with E-state index in [1.54, 1.807) is 13.8 Å². The van der Waals surface area contributed by atoms with Crippen LogP contribution in [-0.4, -0.2) is 61.1 Å². The van der Waals surface area contributed by atoms with Crippen molar-refractivity contribution in [2.24, 2.45) is 0 Å². The first kappa shape index (κ1) is 16.9. The fourth-order valence-corrected chi connectivity index (χ4v) is 3.65. The van der Waals surface area contributed by atoms with Crippen molar-refractivity contribution in [1.29, 1.82) is 0 Å². The zero-order valence-electron chi connectivity index (χ0n) is 14.2. The molecule has 8 heteroatoms. The van der Waals surface area contributed by atoms with Crippen molar-refractivity contribution in [3.63, 3.8) is 0 Å². The topological polar surface area (TPSA) is 79.3 Å². The van der Waals surface area contributed by atoms with Gasteiger partial charge in [-0.05, 0) is 13.8 Å². The standard InChI is InChI=1S/C14H25N5O2S/c1-10(2)11-15-12(18(5)6)17-13(16-11)19-7-8-22(20,21)14(3,4)9-19/h10H,7-9H2,1-6H3. The molecule has 0 radical (unpaired) electrons. The van der Waals surface area contributed by atoms with Crippen LogP contribution in [0, 0.1) is 0 Å². The smallest absolute Gasteiger partial charge is 0.230 e. The van der Waals surface area contributed by atoms with E-state index in [0.29, 0.717) is 25.0 Å². The first-order chi connectivity index (χ1) is 10.0. The Kier molecular flexibility index (Phi) is 4.34. The molecule has 0 aliphatic carbocycles. The molecular formula is C14H25N5O2S. The summed E-state index contributed by atoms with van der Waals surface area (Å²) in [5, 5.41) is 0. The SMILES string of the molecule is CC(C)c1nc(N(C)C)nc(N2CCS(=O)(=O)C(C)(C)C2)n1. The third kappa shape index (κ3) is 3.16. The third-order valence-electron chi connectivity index (χ3n) is 3.87. The van der Waals surface area contributed by atoms with Gasteiger partial charge in [0.15, 0.2) is 9.84 Å². The molecule has 2 heterocycles. The fraction of sp³-hybridized carbons (Fsp3) is 0.786. The second-order valence-corrected chi connectivity index (χ2v) is 9.59. The number of sulfone groups is 1. The maximum atomic E-state index is 12.1. The molecule has 0 unspecified atom stereocenters. The third-order valence-corrected chi connectivity index (χ3v) is 6.40. The van der Waals surface area contributed by atoms with Gasteiger partial charge in [-0.15, -0.1) is 0 Å². The van der Waals surface area contributed by atoms with Crippen LogP contribution in [0.3, 0.4) is 0 Å². The van der Waals surface area contributed by atoms with Crippen LogP contribution in [0.25, 0.3) is 0 Å². The summed E-state index contributed by atoms with van der Waals surface area (Å²) in [6, 6.07) is 0. The van der Waals surface area contributed by atoms with Gasteiger partial charge in [0.25, 0.3) is 0 Å². The van der Waals surface area contributed by atoms with Crippen molar-refractivity contribution in [3.8, 4) is 0 Å². The minimum absolute atomic E-state index is 0.125. The number of rotatable bonds is 3. The van der Waals surface area contributed by atoms with Gasteiger partial charge in [0.1, 0.15) is 5.82 Å². The Bertz CT molecular complexity index is 629. The molecule has 0 spiro atoms. The van der Waals surface area contributed by atoms with E-state index >= 15 is 0 Å². The van der Waals surface area contributed by atoms with E-state index in [1.807, 2.05) is 37.7 Å². The second-order valence-electron chi connectivity index (χ2n) is 6.84. The predicted molar refractivity (Wildman–Crippen MR) is 88.3 cm³/mol. The van der Waals surface area contributed by atoms with E-state index in [4.69, 9.17) is 0 Å². The molecule has 0 atom stereocenters. The van der Waals surface area contributed by atoms with Crippen LogP contribution in [-0.2, 0) is 9.84 Å². The normalized spacial score (nSPS) is 20.2. The average Bonchev–Trinajstić information content (AvgIpc) is 2.41. The summed E-state index contributed by atoms with van der Waals surface area (Å²) in [6.07, 6.45) is 0. The van der Waals surface area contributed by atoms with Crippen LogP contribution in [0.2, 0.25) is 0 Å². The molecule has 1 fully saturated rings. The van der Waals surface area contributed by atoms with Crippen molar-refractivity contribution in [2.75, 3.05) is 42.7 Å². The summed E-state index contributed by atoms with van der Waals surface area (Å²) in [7, 11) is 0.687. The largest absolute Gasteiger partial charge is 0.347 e. The van der Waals surface area contributed by atoms with Crippen molar-refractivity contribution in [1.82, 2.24) is 15.0 Å². The molecule has 0 aromatic carbocycles. The van der Waals surface area contributed by atoms with E-state index in [-0.39, 0.29) is 11.7 Å². The van der Waals surface area contributed by atoms with Crippen molar-refractivity contribution in [3.05, 3.63) is 5.82 Å². The predicted octanol–water partition coefficient (Wildman–Crippen LogP) is 1.07. The van der Waals surface area contributed by atoms with E-state index in [9.17, 15) is 8.42 Å². The molecular weight excluding hydrogens is 302 g/mol. The molecule has 0 bridgehead atoms. The van der Waals surface area contributed by atoms with Gasteiger partial charge in [-0.1, -0.05) is 13.8 Å². The maximum absolute atomic E-state index is 12.1. The van der Waals surface area contributed by atoms with Gasteiger partial charge in [-0.2, -0.15) is 15.0 Å². The van der Waals surface area contributed by atoms with Crippen molar-refractivity contribution in [2.45, 2.75) is 38.4 Å². The van der Waals surface area contributed by atoms with Crippen molar-refractivity contribution >= 4 is 21.7 Å². The summed E-state index contributed by atoms with van der Waals surface area (Å²) < 4.78 is 23.5. The van der Waals surface area contributed by atoms with Crippen LogP contribution in [0.5, 0.6) is 0 Å². The quantitative estimate of drug-likeness (QED) is 0.821. The summed E-state index contributed by atoms with van der Waals surface area (Å²) >= 11 is 0. The average molecular weight is 327 g/mol. The molecule has 1 aromatic rings. The molecule has 1 saturated heterocycles. The van der Waals surface area contributed by atoms with Gasteiger partial charge in [0.2, 0.25) is 11.9 Å². The number of hydrogen-bond acceptors (Lipinski definition) is 7. The number of nitrogens with zero attached hydrogens (tertiary/aromatic N) is 5. The highest BCUT2D eigenvalue weighted by molar-refractivity contribution is 7.92. The molecule has 2 rings (SSSR count). The van der Waals surface area contributed by atoms with Gasteiger partial charge in [-0.3, -0.25) is 0 Å². The lowest BCUT2D eigenvalue weighted by Crippen LogP contribution is -2.53. The van der Waals surface area contributed by atoms with Crippen LogP contribution >= 0.6 is 0 Å². The van der Waals surface area contributed by atoms with E-state index < -0.39 is 14.6 Å². The first-order valence-corrected chi connectivity index (χ1v) is 9.09. The lowest BCUT2D eigenvalue weighted by Gasteiger charge is -2.37. The van der Waals surface area contributed by atoms with Gasteiger partial charge < -0.3 is 9.80 Å². The summed E-state index contributed by atoms with van der Waals surface area (Å²) in [4.78, 5) is 17.3. The molecule has 1 aromatic heterocycles. The fourth-order valence-electron chi connectivity index (χ4n) is 2.28. The highest BCUT2D eigenvalue weighted by Crippen LogP contribution is 2.27. The Morgan fingerprint density at radius 1 is 1.18 bits per heavy atom. The van der Waals surface area contributed by atoms with E-state index in [1.165, 1.54) is 0 Å². The summed E-state index contributed by atoms with van der Waals surface area (Å²) in [5.41, 5.74) is 0. The minimum Gasteiger partial charge on any atom is -0.347 e. The van der Waals surface area contributed by atoms with Crippen molar-refractivity contribution < 1.29 is 8.42 Å². The maximum Gasteiger partial charge on any atom is 0.230 e. The van der Waals surface area contributed by atoms with Gasteiger partial charge in [0, 0.05) is 33.1 Å². The molecule has 0 N–H and O–H groups in total. The molecule has 1 aliphatic rings. The molecule has 22 heavy (non-hydrogen) atoms. The summed E-state index contributed by atoms with van der Waals surface area (Å²) in [6.45, 7) is 8.38. The molecule has 0 amide bonds. The van der Waals surface area contributed by atoms with Crippen LogP contribution < -0.4 is 9.80 Å². The van der Waals surface area contributed by atoms with E-state index in [0.717, 1.165) is 5.82 Å². The summed E-state index contributed by atoms with van der Waals surface area (Å²) in [5.74, 6) is 2.19. The molecule has 7 nitrogen and oxygen atoms in total. The highest BCUT2D eigenvalue weighted by atomic mass is 32.2. The zero-order valence-corrected chi connectivity index (χ0v) is 15.0. The van der Waals surface area contributed by atoms with Gasteiger partial charge >= 0.3 is 0 Å². The van der Waals surface area contributed by atoms with Crippen LogP contribution in [0.4, 0.5) is 11.9 Å². The van der Waals surface area contributed by atoms with Crippen LogP contribution in [0.1, 0.15) is 39.4 Å². The van der Waals surface area contributed by atoms with E-state index in [2.05, 4.69) is 15.0 Å². The number of anilines is 2. The lowest BCUT2D eigenvalue weighted by atomic mass is 10.2. The molecule has 124 valence electrons. The highest BCUT2D eigenvalue weighted by Gasteiger charge is 2.41. The first-order valence-electron chi connectivity index (χ1n) is 7.44. The zero-order chi connectivity index (χ0) is 16.7. The Morgan fingerprint density at radius 2 is 1.82 bits per heavy atom. The number of aromatic nitrogens is 3. The Morgan fingerprint density at radius 3 is 2.32 bits per heavy atom. The Balaban J connectivity index is 2.40. The second kappa shape index (κ2) is 5.64. The Hall–Kier alpha value is -1.44. The molecule has 1 aliphatic heterocycles. The van der Waals surface area contributed by atoms with Gasteiger partial charge in [-0.25, -0.2) is 8.42 Å². The lowest BCUT2D eigenvalue weighted by molar-refractivity contribution is 0.519. The van der Waals surface area contributed by atoms with Crippen LogP contribution in [0.15, 0.2) is 0 Å². The Labute approximate surface area is 132 Å². The number of hydrogen-bond donors (Lipinski definition) is 0. The minimum atomic E-state index is -3.08. The van der Waals surface area contributed by atoms with Gasteiger partial charge in [0.05, 0.1) is 10.5 Å². The monoisotopic (exact) mass is 327 g/mol. The molecule has 0 saturated carbocycles.